The van der Waals surface area contributed by atoms with Crippen molar-refractivity contribution in [1.29, 1.82) is 0 Å². The molecule has 0 aliphatic carbocycles. The van der Waals surface area contributed by atoms with E-state index in [1.165, 1.54) is 5.56 Å². The monoisotopic (exact) mass is 474 g/mol. The van der Waals surface area contributed by atoms with Crippen molar-refractivity contribution in [3.05, 3.63) is 46.5 Å². The Morgan fingerprint density at radius 3 is 2.80 bits per heavy atom. The zero-order valence-corrected chi connectivity index (χ0v) is 17.4. The van der Waals surface area contributed by atoms with Crippen molar-refractivity contribution < 1.29 is 0 Å². The van der Waals surface area contributed by atoms with Gasteiger partial charge in [0.25, 0.3) is 0 Å². The van der Waals surface area contributed by atoms with E-state index in [0.717, 1.165) is 61.5 Å². The van der Waals surface area contributed by atoms with Gasteiger partial charge in [-0.3, -0.25) is 0 Å². The fraction of sp³-hybridized carbons (Fsp3) is 0.471. The second kappa shape index (κ2) is 9.96. The number of rotatable bonds is 6. The molecule has 0 amide bonds. The predicted molar refractivity (Wildman–Crippen MR) is 112 cm³/mol. The summed E-state index contributed by atoms with van der Waals surface area (Å²) < 4.78 is 2.18. The van der Waals surface area contributed by atoms with Crippen molar-refractivity contribution in [1.82, 2.24) is 25.4 Å². The molecule has 6 nitrogen and oxygen atoms in total. The minimum Gasteiger partial charge on any atom is -0.357 e. The summed E-state index contributed by atoms with van der Waals surface area (Å²) in [6.45, 7) is 5.25. The van der Waals surface area contributed by atoms with E-state index in [2.05, 4.69) is 37.3 Å². The van der Waals surface area contributed by atoms with E-state index in [1.807, 2.05) is 24.3 Å². The summed E-state index contributed by atoms with van der Waals surface area (Å²) in [5.74, 6) is 2.83. The second-order valence-corrected chi connectivity index (χ2v) is 6.22. The average Bonchev–Trinajstić information content (AvgIpc) is 3.18. The Labute approximate surface area is 170 Å². The highest BCUT2D eigenvalue weighted by molar-refractivity contribution is 14.0. The number of halogens is 2. The molecule has 136 valence electrons. The van der Waals surface area contributed by atoms with E-state index >= 15 is 0 Å². The van der Waals surface area contributed by atoms with Crippen LogP contribution in [0.25, 0.3) is 0 Å². The molecule has 2 N–H and O–H groups in total. The number of aromatic nitrogens is 3. The van der Waals surface area contributed by atoms with Crippen LogP contribution in [-0.2, 0) is 25.9 Å². The van der Waals surface area contributed by atoms with Crippen molar-refractivity contribution in [2.45, 2.75) is 39.3 Å². The quantitative estimate of drug-likeness (QED) is 0.384. The van der Waals surface area contributed by atoms with Crippen LogP contribution in [-0.4, -0.2) is 33.8 Å². The molecule has 8 heteroatoms. The lowest BCUT2D eigenvalue weighted by atomic mass is 10.1. The van der Waals surface area contributed by atoms with Gasteiger partial charge in [0, 0.05) is 31.1 Å². The topological polar surface area (TPSA) is 67.1 Å². The maximum atomic E-state index is 5.91. The van der Waals surface area contributed by atoms with Crippen LogP contribution >= 0.6 is 35.6 Å². The minimum absolute atomic E-state index is 0. The van der Waals surface area contributed by atoms with Crippen LogP contribution in [0.3, 0.4) is 0 Å². The Hall–Kier alpha value is -1.35. The number of guanidine groups is 1. The molecule has 0 unspecified atom stereocenters. The highest BCUT2D eigenvalue weighted by Crippen LogP contribution is 2.14. The number of hydrogen-bond acceptors (Lipinski definition) is 3. The van der Waals surface area contributed by atoms with Crippen molar-refractivity contribution >= 4 is 41.5 Å². The van der Waals surface area contributed by atoms with Gasteiger partial charge in [0.05, 0.1) is 0 Å². The Bertz CT molecular complexity index is 698. The number of aryl methyl sites for hydroxylation is 1. The maximum absolute atomic E-state index is 5.91. The van der Waals surface area contributed by atoms with Crippen molar-refractivity contribution in [3.63, 3.8) is 0 Å². The van der Waals surface area contributed by atoms with Gasteiger partial charge >= 0.3 is 0 Å². The molecule has 25 heavy (non-hydrogen) atoms. The Morgan fingerprint density at radius 2 is 2.04 bits per heavy atom. The van der Waals surface area contributed by atoms with Gasteiger partial charge in [-0.1, -0.05) is 23.7 Å². The highest BCUT2D eigenvalue weighted by Gasteiger charge is 2.16. The third kappa shape index (κ3) is 5.57. The molecule has 0 saturated carbocycles. The van der Waals surface area contributed by atoms with E-state index in [4.69, 9.17) is 11.6 Å². The molecule has 0 radical (unpaired) electrons. The molecule has 2 heterocycles. The minimum atomic E-state index is 0. The summed E-state index contributed by atoms with van der Waals surface area (Å²) >= 11 is 5.91. The molecular weight excluding hydrogens is 451 g/mol. The standard InChI is InChI=1S/C17H23ClN6.HI/c1-2-19-17(20-10-9-13-5-7-14(18)8-6-13)21-12-16-23-22-15-4-3-11-24(15)16;/h5-8H,2-4,9-12H2,1H3,(H2,19,20,21);1H. The van der Waals surface area contributed by atoms with Gasteiger partial charge in [-0.25, -0.2) is 4.99 Å². The molecule has 2 aromatic rings. The van der Waals surface area contributed by atoms with Crippen molar-refractivity contribution in [2.24, 2.45) is 4.99 Å². The average molecular weight is 475 g/mol. The molecular formula is C17H24ClIN6. The maximum Gasteiger partial charge on any atom is 0.191 e. The zero-order chi connectivity index (χ0) is 16.8. The third-order valence-corrected chi connectivity index (χ3v) is 4.28. The lowest BCUT2D eigenvalue weighted by molar-refractivity contribution is 0.684. The molecule has 1 aromatic heterocycles. The molecule has 0 spiro atoms. The first-order chi connectivity index (χ1) is 11.8. The number of hydrogen-bond donors (Lipinski definition) is 2. The third-order valence-electron chi connectivity index (χ3n) is 4.03. The molecule has 0 saturated heterocycles. The smallest absolute Gasteiger partial charge is 0.191 e. The first kappa shape index (κ1) is 20.0. The van der Waals surface area contributed by atoms with Gasteiger partial charge in [0.2, 0.25) is 0 Å². The first-order valence-corrected chi connectivity index (χ1v) is 8.81. The summed E-state index contributed by atoms with van der Waals surface area (Å²) in [6, 6.07) is 7.94. The van der Waals surface area contributed by atoms with Gasteiger partial charge in [-0.05, 0) is 37.5 Å². The summed E-state index contributed by atoms with van der Waals surface area (Å²) in [5, 5.41) is 15.9. The Balaban J connectivity index is 0.00000225. The summed E-state index contributed by atoms with van der Waals surface area (Å²) in [4.78, 5) is 4.63. The number of benzene rings is 1. The SMILES string of the molecule is CCNC(=NCc1nnc2n1CCC2)NCCc1ccc(Cl)cc1.I. The van der Waals surface area contributed by atoms with Crippen LogP contribution in [0.4, 0.5) is 0 Å². The first-order valence-electron chi connectivity index (χ1n) is 8.44. The molecule has 1 aliphatic heterocycles. The number of nitrogens with zero attached hydrogens (tertiary/aromatic N) is 4. The van der Waals surface area contributed by atoms with Gasteiger partial charge in [0.15, 0.2) is 11.8 Å². The van der Waals surface area contributed by atoms with Crippen LogP contribution in [0, 0.1) is 0 Å². The van der Waals surface area contributed by atoms with Crippen LogP contribution in [0.15, 0.2) is 29.3 Å². The molecule has 1 aromatic carbocycles. The molecule has 1 aliphatic rings. The van der Waals surface area contributed by atoms with Crippen molar-refractivity contribution in [2.75, 3.05) is 13.1 Å². The largest absolute Gasteiger partial charge is 0.357 e. The van der Waals surface area contributed by atoms with Gasteiger partial charge in [-0.2, -0.15) is 0 Å². The summed E-state index contributed by atoms with van der Waals surface area (Å²) in [5.41, 5.74) is 1.25. The van der Waals surface area contributed by atoms with Crippen LogP contribution < -0.4 is 10.6 Å². The second-order valence-electron chi connectivity index (χ2n) is 5.79. The van der Waals surface area contributed by atoms with Crippen LogP contribution in [0.1, 0.15) is 30.6 Å². The lowest BCUT2D eigenvalue weighted by Crippen LogP contribution is -2.38. The van der Waals surface area contributed by atoms with E-state index in [0.29, 0.717) is 6.54 Å². The summed E-state index contributed by atoms with van der Waals surface area (Å²) in [6.07, 6.45) is 3.10. The Morgan fingerprint density at radius 1 is 1.24 bits per heavy atom. The van der Waals surface area contributed by atoms with E-state index < -0.39 is 0 Å². The lowest BCUT2D eigenvalue weighted by Gasteiger charge is -2.11. The van der Waals surface area contributed by atoms with Crippen LogP contribution in [0.2, 0.25) is 5.02 Å². The molecule has 3 rings (SSSR count). The molecule has 0 bridgehead atoms. The predicted octanol–water partition coefficient (Wildman–Crippen LogP) is 2.79. The Kier molecular flexibility index (Phi) is 7.95. The van der Waals surface area contributed by atoms with E-state index in [9.17, 15) is 0 Å². The van der Waals surface area contributed by atoms with E-state index in [-0.39, 0.29) is 24.0 Å². The van der Waals surface area contributed by atoms with Gasteiger partial charge in [-0.15, -0.1) is 34.2 Å². The van der Waals surface area contributed by atoms with Gasteiger partial charge < -0.3 is 15.2 Å². The normalized spacial score (nSPS) is 13.3. The number of fused-ring (bicyclic) bond motifs is 1. The summed E-state index contributed by atoms with van der Waals surface area (Å²) in [7, 11) is 0. The fourth-order valence-corrected chi connectivity index (χ4v) is 2.92. The fourth-order valence-electron chi connectivity index (χ4n) is 2.80. The number of nitrogens with one attached hydrogen (secondary N) is 2. The zero-order valence-electron chi connectivity index (χ0n) is 14.3. The molecule has 0 fully saturated rings. The van der Waals surface area contributed by atoms with Gasteiger partial charge in [0.1, 0.15) is 12.4 Å². The van der Waals surface area contributed by atoms with E-state index in [1.54, 1.807) is 0 Å². The van der Waals surface area contributed by atoms with Crippen molar-refractivity contribution in [3.8, 4) is 0 Å². The number of aliphatic imine (C=N–C) groups is 1. The molecule has 0 atom stereocenters. The highest BCUT2D eigenvalue weighted by atomic mass is 127. The van der Waals surface area contributed by atoms with Crippen LogP contribution in [0.5, 0.6) is 0 Å².